The topological polar surface area (TPSA) is 47.6 Å². The average molecular weight is 251 g/mol. The van der Waals surface area contributed by atoms with Crippen LogP contribution in [0.1, 0.15) is 31.9 Å². The van der Waals surface area contributed by atoms with Crippen molar-refractivity contribution in [3.05, 3.63) is 29.8 Å². The zero-order valence-electron chi connectivity index (χ0n) is 11.4. The maximum Gasteiger partial charge on any atom is 0.328 e. The van der Waals surface area contributed by atoms with E-state index in [1.54, 1.807) is 7.11 Å². The van der Waals surface area contributed by atoms with Gasteiger partial charge in [0.25, 0.3) is 0 Å². The van der Waals surface area contributed by atoms with Crippen LogP contribution >= 0.6 is 0 Å². The van der Waals surface area contributed by atoms with Crippen LogP contribution in [0.15, 0.2) is 24.3 Å². The van der Waals surface area contributed by atoms with Crippen LogP contribution in [0, 0.1) is 0 Å². The van der Waals surface area contributed by atoms with Gasteiger partial charge in [0.05, 0.1) is 13.2 Å². The third kappa shape index (κ3) is 3.74. The van der Waals surface area contributed by atoms with Gasteiger partial charge in [0, 0.05) is 12.8 Å². The van der Waals surface area contributed by atoms with Crippen molar-refractivity contribution < 1.29 is 14.3 Å². The van der Waals surface area contributed by atoms with Crippen LogP contribution in [0.3, 0.4) is 0 Å². The molecule has 0 saturated carbocycles. The molecule has 0 amide bonds. The number of rotatable bonds is 6. The van der Waals surface area contributed by atoms with Gasteiger partial charge in [-0.25, -0.2) is 4.79 Å². The zero-order valence-corrected chi connectivity index (χ0v) is 11.4. The van der Waals surface area contributed by atoms with Crippen molar-refractivity contribution in [1.29, 1.82) is 0 Å². The minimum Gasteiger partial charge on any atom is -0.467 e. The minimum atomic E-state index is -0.317. The van der Waals surface area contributed by atoms with Crippen LogP contribution in [-0.2, 0) is 14.3 Å². The van der Waals surface area contributed by atoms with Gasteiger partial charge >= 0.3 is 5.97 Å². The van der Waals surface area contributed by atoms with E-state index in [9.17, 15) is 4.79 Å². The molecule has 0 aliphatic heterocycles. The second-order valence-electron chi connectivity index (χ2n) is 4.13. The molecule has 100 valence electrons. The Labute approximate surface area is 108 Å². The third-order valence-electron chi connectivity index (χ3n) is 2.94. The number of carbonyl (C=O) groups excluding carboxylic acids is 1. The third-order valence-corrected chi connectivity index (χ3v) is 2.94. The van der Waals surface area contributed by atoms with Crippen LogP contribution in [0.2, 0.25) is 0 Å². The number of hydrogen-bond donors (Lipinski definition) is 1. The maximum atomic E-state index is 11.5. The van der Waals surface area contributed by atoms with Crippen molar-refractivity contribution in [2.45, 2.75) is 32.4 Å². The Morgan fingerprint density at radius 1 is 1.39 bits per heavy atom. The Morgan fingerprint density at radius 2 is 2.11 bits per heavy atom. The Morgan fingerprint density at radius 3 is 2.67 bits per heavy atom. The van der Waals surface area contributed by atoms with E-state index in [2.05, 4.69) is 5.32 Å². The number of methoxy groups -OCH3 is 2. The summed E-state index contributed by atoms with van der Waals surface area (Å²) in [4.78, 5) is 11.5. The average Bonchev–Trinajstić information content (AvgIpc) is 2.43. The van der Waals surface area contributed by atoms with Crippen LogP contribution in [0.5, 0.6) is 0 Å². The molecule has 2 atom stereocenters. The summed E-state index contributed by atoms with van der Waals surface area (Å²) in [5.41, 5.74) is 1.97. The second-order valence-corrected chi connectivity index (χ2v) is 4.13. The Balaban J connectivity index is 2.80. The lowest BCUT2D eigenvalue weighted by atomic mass is 10.1. The van der Waals surface area contributed by atoms with Gasteiger partial charge in [0.1, 0.15) is 6.04 Å². The normalized spacial score (nSPS) is 13.8. The fourth-order valence-electron chi connectivity index (χ4n) is 1.69. The highest BCUT2D eigenvalue weighted by atomic mass is 16.5. The number of nitrogens with one attached hydrogen (secondary N) is 1. The predicted octanol–water partition coefficient (Wildman–Crippen LogP) is 2.76. The van der Waals surface area contributed by atoms with E-state index in [0.29, 0.717) is 6.42 Å². The standard InChI is InChI=1S/C14H21NO3/c1-5-13(14(16)18-4)15-12-8-6-7-11(9-12)10(2)17-3/h6-10,13,15H,5H2,1-4H3. The van der Waals surface area contributed by atoms with Crippen molar-refractivity contribution in [2.24, 2.45) is 0 Å². The Bertz CT molecular complexity index is 392. The molecule has 0 fully saturated rings. The molecular formula is C14H21NO3. The van der Waals surface area contributed by atoms with Gasteiger partial charge in [-0.2, -0.15) is 0 Å². The number of carbonyl (C=O) groups is 1. The molecule has 1 N–H and O–H groups in total. The number of benzene rings is 1. The molecular weight excluding hydrogens is 230 g/mol. The number of ether oxygens (including phenoxy) is 2. The molecule has 1 aromatic rings. The lowest BCUT2D eigenvalue weighted by molar-refractivity contribution is -0.141. The Kier molecular flexibility index (Phi) is 5.65. The first-order chi connectivity index (χ1) is 8.62. The van der Waals surface area contributed by atoms with Gasteiger partial charge in [0.15, 0.2) is 0 Å². The van der Waals surface area contributed by atoms with Crippen LogP contribution < -0.4 is 5.32 Å². The van der Waals surface area contributed by atoms with Crippen molar-refractivity contribution in [1.82, 2.24) is 0 Å². The molecule has 0 spiro atoms. The SMILES string of the molecule is CCC(Nc1cccc(C(C)OC)c1)C(=O)OC. The molecule has 0 aliphatic rings. The van der Waals surface area contributed by atoms with Crippen molar-refractivity contribution in [3.8, 4) is 0 Å². The minimum absolute atomic E-state index is 0.0324. The monoisotopic (exact) mass is 251 g/mol. The molecule has 1 rings (SSSR count). The lowest BCUT2D eigenvalue weighted by Gasteiger charge is -2.17. The van der Waals surface area contributed by atoms with Crippen molar-refractivity contribution in [3.63, 3.8) is 0 Å². The van der Waals surface area contributed by atoms with Gasteiger partial charge in [-0.1, -0.05) is 19.1 Å². The summed E-state index contributed by atoms with van der Waals surface area (Å²) in [5, 5.41) is 3.17. The van der Waals surface area contributed by atoms with E-state index in [1.165, 1.54) is 7.11 Å². The molecule has 0 saturated heterocycles. The molecule has 4 nitrogen and oxygen atoms in total. The maximum absolute atomic E-state index is 11.5. The molecule has 0 heterocycles. The summed E-state index contributed by atoms with van der Waals surface area (Å²) < 4.78 is 10.0. The van der Waals surface area contributed by atoms with Gasteiger partial charge in [-0.15, -0.1) is 0 Å². The van der Waals surface area contributed by atoms with E-state index in [4.69, 9.17) is 9.47 Å². The fourth-order valence-corrected chi connectivity index (χ4v) is 1.69. The van der Waals surface area contributed by atoms with Crippen molar-refractivity contribution >= 4 is 11.7 Å². The largest absolute Gasteiger partial charge is 0.467 e. The van der Waals surface area contributed by atoms with Crippen LogP contribution in [0.4, 0.5) is 5.69 Å². The molecule has 18 heavy (non-hydrogen) atoms. The predicted molar refractivity (Wildman–Crippen MR) is 71.6 cm³/mol. The van der Waals surface area contributed by atoms with Crippen LogP contribution in [-0.4, -0.2) is 26.2 Å². The number of hydrogen-bond acceptors (Lipinski definition) is 4. The summed E-state index contributed by atoms with van der Waals surface area (Å²) >= 11 is 0. The van der Waals surface area contributed by atoms with Gasteiger partial charge in [0.2, 0.25) is 0 Å². The van der Waals surface area contributed by atoms with E-state index < -0.39 is 0 Å². The van der Waals surface area contributed by atoms with Crippen molar-refractivity contribution in [2.75, 3.05) is 19.5 Å². The van der Waals surface area contributed by atoms with E-state index in [-0.39, 0.29) is 18.1 Å². The summed E-state index contributed by atoms with van der Waals surface area (Å²) in [6.45, 7) is 3.92. The highest BCUT2D eigenvalue weighted by Crippen LogP contribution is 2.20. The second kappa shape index (κ2) is 7.01. The molecule has 2 unspecified atom stereocenters. The smallest absolute Gasteiger partial charge is 0.328 e. The van der Waals surface area contributed by atoms with Gasteiger partial charge < -0.3 is 14.8 Å². The quantitative estimate of drug-likeness (QED) is 0.790. The summed E-state index contributed by atoms with van der Waals surface area (Å²) in [5.74, 6) is -0.248. The Hall–Kier alpha value is -1.55. The van der Waals surface area contributed by atoms with E-state index in [1.807, 2.05) is 38.1 Å². The fraction of sp³-hybridized carbons (Fsp3) is 0.500. The summed E-state index contributed by atoms with van der Waals surface area (Å²) in [7, 11) is 3.07. The first kappa shape index (κ1) is 14.5. The molecule has 4 heteroatoms. The lowest BCUT2D eigenvalue weighted by Crippen LogP contribution is -2.29. The molecule has 0 aliphatic carbocycles. The first-order valence-electron chi connectivity index (χ1n) is 6.09. The summed E-state index contributed by atoms with van der Waals surface area (Å²) in [6, 6.07) is 7.54. The summed E-state index contributed by atoms with van der Waals surface area (Å²) in [6.07, 6.45) is 0.710. The highest BCUT2D eigenvalue weighted by molar-refractivity contribution is 5.79. The molecule has 0 radical (unpaired) electrons. The first-order valence-corrected chi connectivity index (χ1v) is 6.09. The highest BCUT2D eigenvalue weighted by Gasteiger charge is 2.16. The number of anilines is 1. The van der Waals surface area contributed by atoms with E-state index in [0.717, 1.165) is 11.3 Å². The van der Waals surface area contributed by atoms with Gasteiger partial charge in [-0.05, 0) is 31.0 Å². The molecule has 0 aromatic heterocycles. The zero-order chi connectivity index (χ0) is 13.5. The number of esters is 1. The molecule has 1 aromatic carbocycles. The van der Waals surface area contributed by atoms with E-state index >= 15 is 0 Å². The van der Waals surface area contributed by atoms with Gasteiger partial charge in [-0.3, -0.25) is 0 Å². The molecule has 0 bridgehead atoms. The van der Waals surface area contributed by atoms with Crippen LogP contribution in [0.25, 0.3) is 0 Å².